The van der Waals surface area contributed by atoms with Crippen molar-refractivity contribution >= 4 is 17.8 Å². The highest BCUT2D eigenvalue weighted by molar-refractivity contribution is 6.00. The second kappa shape index (κ2) is 7.40. The molecule has 27 heavy (non-hydrogen) atoms. The summed E-state index contributed by atoms with van der Waals surface area (Å²) >= 11 is 0. The van der Waals surface area contributed by atoms with Gasteiger partial charge in [0.05, 0.1) is 11.0 Å². The number of hydrogen-bond acceptors (Lipinski definition) is 5. The molecule has 1 heterocycles. The maximum atomic E-state index is 12.0. The van der Waals surface area contributed by atoms with E-state index in [-0.39, 0.29) is 11.6 Å². The van der Waals surface area contributed by atoms with Gasteiger partial charge in [0, 0.05) is 31.5 Å². The Morgan fingerprint density at radius 2 is 2.00 bits per heavy atom. The molecule has 2 aromatic carbocycles. The first-order valence-electron chi connectivity index (χ1n) is 8.97. The Morgan fingerprint density at radius 1 is 1.30 bits per heavy atom. The van der Waals surface area contributed by atoms with E-state index in [2.05, 4.69) is 5.32 Å². The quantitative estimate of drug-likeness (QED) is 0.369. The molecule has 1 fully saturated rings. The number of aromatic hydroxyl groups is 1. The van der Waals surface area contributed by atoms with E-state index in [4.69, 9.17) is 15.9 Å². The Morgan fingerprint density at radius 3 is 2.59 bits per heavy atom. The average molecular weight is 367 g/mol. The van der Waals surface area contributed by atoms with E-state index in [1.807, 2.05) is 38.2 Å². The minimum absolute atomic E-state index is 0.00605. The molecule has 0 unspecified atom stereocenters. The van der Waals surface area contributed by atoms with Crippen molar-refractivity contribution in [3.05, 3.63) is 47.0 Å². The third kappa shape index (κ3) is 3.28. The summed E-state index contributed by atoms with van der Waals surface area (Å²) in [5, 5.41) is 21.5. The van der Waals surface area contributed by atoms with Gasteiger partial charge in [0.2, 0.25) is 0 Å². The summed E-state index contributed by atoms with van der Waals surface area (Å²) in [4.78, 5) is 12.0. The number of carbonyl (C=O) groups excluding carboxylic acids is 1. The van der Waals surface area contributed by atoms with E-state index in [0.29, 0.717) is 37.2 Å². The number of phenolic OH excluding ortho intramolecular Hbond substituents is 1. The van der Waals surface area contributed by atoms with Crippen molar-refractivity contribution in [1.29, 1.82) is 5.41 Å². The van der Waals surface area contributed by atoms with Gasteiger partial charge in [0.15, 0.2) is 0 Å². The van der Waals surface area contributed by atoms with E-state index in [9.17, 15) is 9.90 Å². The van der Waals surface area contributed by atoms with Gasteiger partial charge in [-0.2, -0.15) is 0 Å². The molecule has 142 valence electrons. The van der Waals surface area contributed by atoms with Crippen molar-refractivity contribution in [2.24, 2.45) is 5.73 Å². The highest BCUT2D eigenvalue weighted by atomic mass is 16.5. The number of carbonyl (C=O) groups is 1. The van der Waals surface area contributed by atoms with Crippen LogP contribution in [0.5, 0.6) is 5.75 Å². The van der Waals surface area contributed by atoms with Gasteiger partial charge in [0.1, 0.15) is 17.9 Å². The number of nitrogens with one attached hydrogen (secondary N) is 2. The fraction of sp³-hybridized carbons (Fsp3) is 0.333. The maximum Gasteiger partial charge on any atom is 0.134 e. The SMILES string of the molecule is CNc1cc(-c2c(C)ccc(C(=N)N)c2O)ccc1C1(C=O)CCOCC1. The number of hydrogen-bond donors (Lipinski definition) is 4. The Balaban J connectivity index is 2.14. The molecule has 6 heteroatoms. The molecule has 0 aromatic heterocycles. The number of amidine groups is 1. The molecule has 1 aliphatic rings. The smallest absolute Gasteiger partial charge is 0.134 e. The molecule has 0 radical (unpaired) electrons. The lowest BCUT2D eigenvalue weighted by molar-refractivity contribution is -0.115. The Hall–Kier alpha value is -2.86. The van der Waals surface area contributed by atoms with Crippen molar-refractivity contribution < 1.29 is 14.6 Å². The van der Waals surface area contributed by atoms with Crippen molar-refractivity contribution in [2.45, 2.75) is 25.2 Å². The first-order valence-corrected chi connectivity index (χ1v) is 8.97. The maximum absolute atomic E-state index is 12.0. The predicted octanol–water partition coefficient (Wildman–Crippen LogP) is 2.94. The van der Waals surface area contributed by atoms with Gasteiger partial charge in [0.25, 0.3) is 0 Å². The van der Waals surface area contributed by atoms with Crippen LogP contribution in [0.3, 0.4) is 0 Å². The highest BCUT2D eigenvalue weighted by Gasteiger charge is 2.36. The number of aldehydes is 1. The number of nitrogen functional groups attached to an aromatic ring is 1. The zero-order valence-corrected chi connectivity index (χ0v) is 15.6. The Bertz CT molecular complexity index is 886. The van der Waals surface area contributed by atoms with E-state index >= 15 is 0 Å². The molecule has 0 aliphatic carbocycles. The van der Waals surface area contributed by atoms with Crippen LogP contribution in [0, 0.1) is 12.3 Å². The Labute approximate surface area is 158 Å². The van der Waals surface area contributed by atoms with Crippen LogP contribution in [0.4, 0.5) is 5.69 Å². The molecule has 3 rings (SSSR count). The largest absolute Gasteiger partial charge is 0.507 e. The molecule has 0 saturated carbocycles. The van der Waals surface area contributed by atoms with Gasteiger partial charge in [-0.05, 0) is 48.6 Å². The van der Waals surface area contributed by atoms with E-state index in [1.54, 1.807) is 6.07 Å². The number of ether oxygens (including phenoxy) is 1. The van der Waals surface area contributed by atoms with E-state index < -0.39 is 5.41 Å². The zero-order chi connectivity index (χ0) is 19.6. The molecule has 0 bridgehead atoms. The number of benzene rings is 2. The van der Waals surface area contributed by atoms with Crippen molar-refractivity contribution in [3.63, 3.8) is 0 Å². The lowest BCUT2D eigenvalue weighted by atomic mass is 9.74. The van der Waals surface area contributed by atoms with Crippen LogP contribution in [0.1, 0.15) is 29.5 Å². The topological polar surface area (TPSA) is 108 Å². The van der Waals surface area contributed by atoms with Crippen LogP contribution in [-0.2, 0) is 14.9 Å². The van der Waals surface area contributed by atoms with Crippen molar-refractivity contribution in [1.82, 2.24) is 0 Å². The molecule has 0 atom stereocenters. The van der Waals surface area contributed by atoms with Crippen LogP contribution in [-0.4, -0.2) is 37.5 Å². The third-order valence-electron chi connectivity index (χ3n) is 5.40. The molecule has 0 spiro atoms. The van der Waals surface area contributed by atoms with Crippen LogP contribution in [0.2, 0.25) is 0 Å². The first-order chi connectivity index (χ1) is 12.9. The molecule has 1 saturated heterocycles. The molecule has 1 aliphatic heterocycles. The summed E-state index contributed by atoms with van der Waals surface area (Å²) in [6.45, 7) is 3.02. The summed E-state index contributed by atoms with van der Waals surface area (Å²) in [5.41, 5.74) is 9.42. The highest BCUT2D eigenvalue weighted by Crippen LogP contribution is 2.41. The molecular weight excluding hydrogens is 342 g/mol. The second-order valence-electron chi connectivity index (χ2n) is 6.96. The van der Waals surface area contributed by atoms with Crippen LogP contribution < -0.4 is 11.1 Å². The average Bonchev–Trinajstić information content (AvgIpc) is 2.68. The normalized spacial score (nSPS) is 15.9. The molecular formula is C21H25N3O3. The van der Waals surface area contributed by atoms with Gasteiger partial charge in [-0.15, -0.1) is 0 Å². The van der Waals surface area contributed by atoms with Crippen LogP contribution in [0.25, 0.3) is 11.1 Å². The lowest BCUT2D eigenvalue weighted by Crippen LogP contribution is -2.35. The summed E-state index contributed by atoms with van der Waals surface area (Å²) in [6.07, 6.45) is 2.33. The lowest BCUT2D eigenvalue weighted by Gasteiger charge is -2.34. The predicted molar refractivity (Wildman–Crippen MR) is 107 cm³/mol. The molecule has 0 amide bonds. The van der Waals surface area contributed by atoms with Gasteiger partial charge in [-0.1, -0.05) is 18.2 Å². The fourth-order valence-corrected chi connectivity index (χ4v) is 3.80. The summed E-state index contributed by atoms with van der Waals surface area (Å²) in [6, 6.07) is 9.27. The minimum atomic E-state index is -0.562. The summed E-state index contributed by atoms with van der Waals surface area (Å²) in [5.74, 6) is -0.185. The summed E-state index contributed by atoms with van der Waals surface area (Å²) < 4.78 is 5.44. The first kappa shape index (κ1) is 18.9. The minimum Gasteiger partial charge on any atom is -0.507 e. The monoisotopic (exact) mass is 367 g/mol. The van der Waals surface area contributed by atoms with Crippen molar-refractivity contribution in [3.8, 4) is 16.9 Å². The second-order valence-corrected chi connectivity index (χ2v) is 6.96. The van der Waals surface area contributed by atoms with Gasteiger partial charge < -0.3 is 25.7 Å². The number of rotatable bonds is 5. The standard InChI is InChI=1S/C21H25N3O3/c1-13-3-5-15(20(22)23)19(26)18(13)14-4-6-16(17(11-14)24-2)21(12-25)7-9-27-10-8-21/h3-6,11-12,24,26H,7-10H2,1-2H3,(H3,22,23). The van der Waals surface area contributed by atoms with Crippen LogP contribution in [0.15, 0.2) is 30.3 Å². The zero-order valence-electron chi connectivity index (χ0n) is 15.6. The fourth-order valence-electron chi connectivity index (χ4n) is 3.80. The van der Waals surface area contributed by atoms with Crippen LogP contribution >= 0.6 is 0 Å². The van der Waals surface area contributed by atoms with E-state index in [1.165, 1.54) is 0 Å². The number of phenols is 1. The van der Waals surface area contributed by atoms with E-state index in [0.717, 1.165) is 28.7 Å². The summed E-state index contributed by atoms with van der Waals surface area (Å²) in [7, 11) is 1.82. The molecule has 2 aromatic rings. The third-order valence-corrected chi connectivity index (χ3v) is 5.40. The van der Waals surface area contributed by atoms with Gasteiger partial charge in [-0.25, -0.2) is 0 Å². The number of aryl methyl sites for hydroxylation is 1. The van der Waals surface area contributed by atoms with Gasteiger partial charge >= 0.3 is 0 Å². The number of anilines is 1. The van der Waals surface area contributed by atoms with Crippen molar-refractivity contribution in [2.75, 3.05) is 25.6 Å². The Kier molecular flexibility index (Phi) is 5.19. The molecule has 5 N–H and O–H groups in total. The van der Waals surface area contributed by atoms with Gasteiger partial charge in [-0.3, -0.25) is 5.41 Å². The number of nitrogens with two attached hydrogens (primary N) is 1. The molecule has 6 nitrogen and oxygen atoms in total.